The van der Waals surface area contributed by atoms with E-state index in [1.807, 2.05) is 0 Å². The summed E-state index contributed by atoms with van der Waals surface area (Å²) in [6, 6.07) is 22.5. The van der Waals surface area contributed by atoms with Crippen molar-refractivity contribution < 1.29 is 0 Å². The summed E-state index contributed by atoms with van der Waals surface area (Å²) < 4.78 is 0. The standard InChI is InChI=1S/C24H28P2/c1-17-3-6-19(7-4-17)8-9-20-10-12-22(24(26)16-20)14-13-21-11-5-18(2)15-23(21)25/h3-7,10-12,15-16H,8-9,13-14,25-26H2,1-2H3. The van der Waals surface area contributed by atoms with Crippen LogP contribution in [0.5, 0.6) is 0 Å². The first-order valence-corrected chi connectivity index (χ1v) is 10.4. The summed E-state index contributed by atoms with van der Waals surface area (Å²) in [5.74, 6) is 0. The van der Waals surface area contributed by atoms with Gasteiger partial charge in [-0.15, -0.1) is 18.5 Å². The minimum absolute atomic E-state index is 1.08. The number of rotatable bonds is 6. The molecule has 134 valence electrons. The normalized spacial score (nSPS) is 10.9. The van der Waals surface area contributed by atoms with Crippen molar-refractivity contribution in [2.75, 3.05) is 0 Å². The van der Waals surface area contributed by atoms with Crippen molar-refractivity contribution in [1.82, 2.24) is 0 Å². The van der Waals surface area contributed by atoms with Gasteiger partial charge in [0.1, 0.15) is 0 Å². The summed E-state index contributed by atoms with van der Waals surface area (Å²) in [4.78, 5) is 0. The van der Waals surface area contributed by atoms with Crippen LogP contribution in [0.4, 0.5) is 0 Å². The third-order valence-electron chi connectivity index (χ3n) is 5.00. The SMILES string of the molecule is Cc1ccc(CCc2ccc(CCc3ccc(C)cc3P)c(P)c2)cc1. The van der Waals surface area contributed by atoms with Crippen LogP contribution in [-0.4, -0.2) is 0 Å². The quantitative estimate of drug-likeness (QED) is 0.537. The minimum Gasteiger partial charge on any atom is -0.105 e. The molecule has 0 aliphatic rings. The Morgan fingerprint density at radius 1 is 0.538 bits per heavy atom. The fraction of sp³-hybridized carbons (Fsp3) is 0.250. The summed E-state index contributed by atoms with van der Waals surface area (Å²) in [7, 11) is 5.81. The zero-order valence-corrected chi connectivity index (χ0v) is 18.1. The molecular weight excluding hydrogens is 350 g/mol. The van der Waals surface area contributed by atoms with Gasteiger partial charge in [-0.2, -0.15) is 0 Å². The Balaban J connectivity index is 1.60. The van der Waals surface area contributed by atoms with Gasteiger partial charge in [0.25, 0.3) is 0 Å². The summed E-state index contributed by atoms with van der Waals surface area (Å²) >= 11 is 0. The number of hydrogen-bond acceptors (Lipinski definition) is 0. The van der Waals surface area contributed by atoms with Gasteiger partial charge in [-0.05, 0) is 72.4 Å². The molecule has 0 bridgehead atoms. The van der Waals surface area contributed by atoms with Gasteiger partial charge in [0.2, 0.25) is 0 Å². The maximum Gasteiger partial charge on any atom is -0.0232 e. The van der Waals surface area contributed by atoms with E-state index in [0.717, 1.165) is 25.7 Å². The first kappa shape index (κ1) is 19.3. The van der Waals surface area contributed by atoms with E-state index in [1.54, 1.807) is 0 Å². The third-order valence-corrected chi connectivity index (χ3v) is 6.07. The summed E-state index contributed by atoms with van der Waals surface area (Å²) in [5, 5.41) is 2.66. The van der Waals surface area contributed by atoms with Crippen LogP contribution in [0.25, 0.3) is 0 Å². The minimum atomic E-state index is 1.08. The molecule has 3 aromatic carbocycles. The van der Waals surface area contributed by atoms with Gasteiger partial charge < -0.3 is 0 Å². The Morgan fingerprint density at radius 2 is 1.04 bits per heavy atom. The highest BCUT2D eigenvalue weighted by Crippen LogP contribution is 2.13. The zero-order valence-electron chi connectivity index (χ0n) is 15.8. The number of aryl methyl sites for hydroxylation is 6. The lowest BCUT2D eigenvalue weighted by Crippen LogP contribution is -2.09. The molecule has 0 spiro atoms. The zero-order chi connectivity index (χ0) is 18.5. The number of benzene rings is 3. The molecule has 0 amide bonds. The lowest BCUT2D eigenvalue weighted by Gasteiger charge is -2.11. The average molecular weight is 378 g/mol. The maximum atomic E-state index is 2.93. The molecule has 0 radical (unpaired) electrons. The van der Waals surface area contributed by atoms with Crippen LogP contribution in [-0.2, 0) is 25.7 Å². The van der Waals surface area contributed by atoms with Crippen molar-refractivity contribution in [3.8, 4) is 0 Å². The summed E-state index contributed by atoms with van der Waals surface area (Å²) in [5.41, 5.74) is 8.34. The highest BCUT2D eigenvalue weighted by Gasteiger charge is 2.04. The first-order chi connectivity index (χ1) is 12.5. The Bertz CT molecular complexity index is 879. The number of hydrogen-bond donors (Lipinski definition) is 0. The maximum absolute atomic E-state index is 2.93. The van der Waals surface area contributed by atoms with Crippen molar-refractivity contribution in [2.45, 2.75) is 39.5 Å². The van der Waals surface area contributed by atoms with Gasteiger partial charge in [0.15, 0.2) is 0 Å². The molecule has 0 nitrogen and oxygen atoms in total. The van der Waals surface area contributed by atoms with Crippen LogP contribution >= 0.6 is 18.5 Å². The first-order valence-electron chi connectivity index (χ1n) is 9.29. The highest BCUT2D eigenvalue weighted by atomic mass is 31.0. The van der Waals surface area contributed by atoms with E-state index in [-0.39, 0.29) is 0 Å². The topological polar surface area (TPSA) is 0 Å². The summed E-state index contributed by atoms with van der Waals surface area (Å²) in [6.07, 6.45) is 4.37. The summed E-state index contributed by atoms with van der Waals surface area (Å²) in [6.45, 7) is 4.29. The van der Waals surface area contributed by atoms with E-state index in [0.29, 0.717) is 0 Å². The van der Waals surface area contributed by atoms with Crippen LogP contribution < -0.4 is 10.6 Å². The molecule has 0 fully saturated rings. The monoisotopic (exact) mass is 378 g/mol. The predicted octanol–water partition coefficient (Wildman–Crippen LogP) is 4.87. The van der Waals surface area contributed by atoms with Gasteiger partial charge in [-0.1, -0.05) is 71.8 Å². The molecule has 0 aliphatic carbocycles. The highest BCUT2D eigenvalue weighted by molar-refractivity contribution is 7.27. The van der Waals surface area contributed by atoms with Gasteiger partial charge in [-0.25, -0.2) is 0 Å². The van der Waals surface area contributed by atoms with Gasteiger partial charge in [0, 0.05) is 0 Å². The van der Waals surface area contributed by atoms with Gasteiger partial charge >= 0.3 is 0 Å². The van der Waals surface area contributed by atoms with Crippen molar-refractivity contribution in [3.05, 3.63) is 94.0 Å². The third kappa shape index (κ3) is 5.26. The van der Waals surface area contributed by atoms with Crippen molar-refractivity contribution in [3.63, 3.8) is 0 Å². The van der Waals surface area contributed by atoms with Crippen LogP contribution in [0.1, 0.15) is 33.4 Å². The molecule has 2 heteroatoms. The van der Waals surface area contributed by atoms with Crippen LogP contribution in [0.2, 0.25) is 0 Å². The van der Waals surface area contributed by atoms with E-state index in [4.69, 9.17) is 0 Å². The van der Waals surface area contributed by atoms with E-state index in [1.165, 1.54) is 44.0 Å². The Hall–Kier alpha value is -1.48. The molecule has 26 heavy (non-hydrogen) atoms. The Labute approximate surface area is 162 Å². The molecule has 0 N–H and O–H groups in total. The molecule has 0 saturated carbocycles. The molecular formula is C24H28P2. The van der Waals surface area contributed by atoms with E-state index >= 15 is 0 Å². The smallest absolute Gasteiger partial charge is 0.0232 e. The Kier molecular flexibility index (Phi) is 6.63. The van der Waals surface area contributed by atoms with Crippen LogP contribution in [0, 0.1) is 13.8 Å². The van der Waals surface area contributed by atoms with Crippen molar-refractivity contribution in [2.24, 2.45) is 0 Å². The largest absolute Gasteiger partial charge is 0.105 e. The molecule has 3 rings (SSSR count). The fourth-order valence-electron chi connectivity index (χ4n) is 3.28. The molecule has 2 unspecified atom stereocenters. The van der Waals surface area contributed by atoms with Gasteiger partial charge in [0.05, 0.1) is 0 Å². The van der Waals surface area contributed by atoms with Crippen LogP contribution in [0.3, 0.4) is 0 Å². The lowest BCUT2D eigenvalue weighted by atomic mass is 9.99. The molecule has 0 aliphatic heterocycles. The average Bonchev–Trinajstić information content (AvgIpc) is 2.62. The van der Waals surface area contributed by atoms with Gasteiger partial charge in [-0.3, -0.25) is 0 Å². The predicted molar refractivity (Wildman–Crippen MR) is 122 cm³/mol. The lowest BCUT2D eigenvalue weighted by molar-refractivity contribution is 0.947. The molecule has 0 saturated heterocycles. The Morgan fingerprint density at radius 3 is 1.65 bits per heavy atom. The van der Waals surface area contributed by atoms with Crippen molar-refractivity contribution in [1.29, 1.82) is 0 Å². The van der Waals surface area contributed by atoms with E-state index < -0.39 is 0 Å². The van der Waals surface area contributed by atoms with Crippen LogP contribution in [0.15, 0.2) is 60.7 Å². The molecule has 2 atom stereocenters. The van der Waals surface area contributed by atoms with E-state index in [9.17, 15) is 0 Å². The second-order valence-electron chi connectivity index (χ2n) is 7.22. The molecule has 0 aromatic heterocycles. The fourth-order valence-corrected chi connectivity index (χ4v) is 4.24. The van der Waals surface area contributed by atoms with Crippen molar-refractivity contribution >= 4 is 29.1 Å². The van der Waals surface area contributed by atoms with E-state index in [2.05, 4.69) is 93.0 Å². The second-order valence-corrected chi connectivity index (χ2v) is 8.47. The molecule has 3 aromatic rings. The molecule has 0 heterocycles. The second kappa shape index (κ2) is 8.94.